The minimum Gasteiger partial charge on any atom is -0.404 e. The van der Waals surface area contributed by atoms with Gasteiger partial charge in [0.15, 0.2) is 40.0 Å². The van der Waals surface area contributed by atoms with E-state index in [1.807, 2.05) is 0 Å². The Morgan fingerprint density at radius 3 is 0.932 bits per heavy atom. The van der Waals surface area contributed by atoms with Gasteiger partial charge in [0, 0.05) is 43.8 Å². The molecule has 2 aromatic heterocycles. The maximum absolute atomic E-state index is 8.59. The topological polar surface area (TPSA) is 102 Å². The van der Waals surface area contributed by atoms with E-state index in [1.165, 1.54) is 0 Å². The SMILES string of the molecule is CC(C)(C)[Si](C)(C)O[Si]1(O[Si](C)(C)C(C)(C)C)n2c3c4cc5ccccc5cc4c2N=C2N=C(N=c4c5cc6ccccc6cc5c(n41)=NC1=NC(=N3)c3cc4ccccc4cc31)c1cc3ccccc3cc12. The second-order valence-electron chi connectivity index (χ2n) is 23.2. The molecule has 0 amide bonds. The predicted octanol–water partition coefficient (Wildman–Crippen LogP) is 14.0. The molecule has 8 aromatic carbocycles. The Balaban J connectivity index is 1.31. The van der Waals surface area contributed by atoms with E-state index in [9.17, 15) is 0 Å². The summed E-state index contributed by atoms with van der Waals surface area (Å²) in [7, 11) is -10.4. The highest BCUT2D eigenvalue weighted by Gasteiger charge is 2.61. The summed E-state index contributed by atoms with van der Waals surface area (Å²) in [5.41, 5.74) is 4.94. The highest BCUT2D eigenvalue weighted by atomic mass is 28.5. The molecule has 13 heteroatoms. The number of rotatable bonds is 4. The third-order valence-electron chi connectivity index (χ3n) is 16.5. The molecule has 6 bridgehead atoms. The molecule has 0 N–H and O–H groups in total. The van der Waals surface area contributed by atoms with Crippen LogP contribution >= 0.6 is 0 Å². The van der Waals surface area contributed by atoms with E-state index in [-0.39, 0.29) is 10.1 Å². The largest absolute Gasteiger partial charge is 0.582 e. The third-order valence-corrected chi connectivity index (χ3v) is 32.0. The number of nitrogens with zero attached hydrogens (tertiary/aromatic N) is 8. The maximum Gasteiger partial charge on any atom is 0.582 e. The first-order valence-electron chi connectivity index (χ1n) is 25.3. The lowest BCUT2D eigenvalue weighted by atomic mass is 10.0. The molecule has 14 rings (SSSR count). The van der Waals surface area contributed by atoms with Crippen molar-refractivity contribution in [1.82, 2.24) is 8.47 Å². The van der Waals surface area contributed by atoms with Crippen molar-refractivity contribution in [2.75, 3.05) is 0 Å². The normalized spacial score (nSPS) is 16.0. The van der Waals surface area contributed by atoms with Crippen molar-refractivity contribution < 1.29 is 8.23 Å². The Labute approximate surface area is 426 Å². The molecule has 0 atom stereocenters. The van der Waals surface area contributed by atoms with Gasteiger partial charge in [-0.1, -0.05) is 139 Å². The number of hydrogen-bond acceptors (Lipinski definition) is 8. The number of benzene rings is 8. The van der Waals surface area contributed by atoms with Gasteiger partial charge in [-0.05, 0) is 128 Å². The number of aromatic nitrogens is 2. The number of amidine groups is 4. The molecule has 0 saturated carbocycles. The zero-order valence-corrected chi connectivity index (χ0v) is 45.8. The van der Waals surface area contributed by atoms with Crippen LogP contribution in [0.3, 0.4) is 0 Å². The van der Waals surface area contributed by atoms with Crippen LogP contribution in [0.2, 0.25) is 36.3 Å². The second-order valence-corrected chi connectivity index (χ2v) is 35.8. The molecule has 0 saturated heterocycles. The number of hydrogen-bond donors (Lipinski definition) is 0. The van der Waals surface area contributed by atoms with Crippen LogP contribution in [-0.2, 0) is 8.23 Å². The lowest BCUT2D eigenvalue weighted by Gasteiger charge is -2.49. The minimum absolute atomic E-state index is 0.273. The minimum atomic E-state index is -4.50. The molecular formula is C60H54N8O2Si3. The maximum atomic E-state index is 8.59. The van der Waals surface area contributed by atoms with Crippen molar-refractivity contribution >= 4 is 125 Å². The average molecular weight is 1000 g/mol. The van der Waals surface area contributed by atoms with E-state index in [4.69, 9.17) is 38.2 Å². The lowest BCUT2D eigenvalue weighted by Crippen LogP contribution is -2.71. The fourth-order valence-corrected chi connectivity index (χ4v) is 22.3. The van der Waals surface area contributed by atoms with Crippen molar-refractivity contribution in [2.24, 2.45) is 30.0 Å². The van der Waals surface area contributed by atoms with E-state index >= 15 is 0 Å². The molecule has 0 fully saturated rings. The van der Waals surface area contributed by atoms with Gasteiger partial charge in [0.1, 0.15) is 22.6 Å². The summed E-state index contributed by atoms with van der Waals surface area (Å²) in [6, 6.07) is 52.0. The Kier molecular flexibility index (Phi) is 9.08. The molecule has 0 spiro atoms. The lowest BCUT2D eigenvalue weighted by molar-refractivity contribution is 0.312. The van der Waals surface area contributed by atoms with Gasteiger partial charge in [0.05, 0.1) is 0 Å². The van der Waals surface area contributed by atoms with Crippen LogP contribution in [-0.4, -0.2) is 57.3 Å². The molecule has 0 aliphatic carbocycles. The Morgan fingerprint density at radius 2 is 0.630 bits per heavy atom. The van der Waals surface area contributed by atoms with E-state index in [0.717, 1.165) is 86.9 Å². The van der Waals surface area contributed by atoms with Crippen LogP contribution in [0.5, 0.6) is 0 Å². The second kappa shape index (κ2) is 14.9. The number of fused-ring (bicyclic) bond motifs is 18. The van der Waals surface area contributed by atoms with Crippen LogP contribution in [0, 0.1) is 0 Å². The van der Waals surface area contributed by atoms with Gasteiger partial charge >= 0.3 is 8.88 Å². The molecule has 0 unspecified atom stereocenters. The summed E-state index contributed by atoms with van der Waals surface area (Å²) in [5.74, 6) is 3.59. The molecule has 73 heavy (non-hydrogen) atoms. The quantitative estimate of drug-likeness (QED) is 0.164. The van der Waals surface area contributed by atoms with Crippen LogP contribution < -0.4 is 11.0 Å². The van der Waals surface area contributed by atoms with Crippen LogP contribution in [0.4, 0.5) is 11.6 Å². The highest BCUT2D eigenvalue weighted by molar-refractivity contribution is 6.89. The molecule has 6 heterocycles. The van der Waals surface area contributed by atoms with E-state index in [0.29, 0.717) is 46.0 Å². The molecule has 0 radical (unpaired) electrons. The summed E-state index contributed by atoms with van der Waals surface area (Å²) >= 11 is 0. The zero-order chi connectivity index (χ0) is 50.1. The highest BCUT2D eigenvalue weighted by Crippen LogP contribution is 2.50. The first-order chi connectivity index (χ1) is 34.9. The van der Waals surface area contributed by atoms with Gasteiger partial charge in [0.2, 0.25) is 0 Å². The summed E-state index contributed by atoms with van der Waals surface area (Å²) in [6.45, 7) is 23.2. The predicted molar refractivity (Wildman–Crippen MR) is 308 cm³/mol. The van der Waals surface area contributed by atoms with Gasteiger partial charge in [-0.15, -0.1) is 0 Å². The standard InChI is InChI=1S/C60H54N8O2Si3/c1-59(2,3)71(7,8)69-73(70-72(9,10)60(4,5)6)67-55-47-31-39-23-15-16-24-40(39)32-48(47)57(67)65-53-45-29-37-21-13-14-22-38(37)30-46(45)54(62-53)66-58-50-34-42-26-18-17-25-41(42)33-49(50)56(68(58)73)64-52-44-28-36-20-12-11-19-35(36)27-43(44)51(61-52)63-55/h11-34H,1-10H3. The summed E-state index contributed by atoms with van der Waals surface area (Å²) in [5, 5.41) is 11.8. The Morgan fingerprint density at radius 1 is 0.356 bits per heavy atom. The summed E-state index contributed by atoms with van der Waals surface area (Å²) < 4.78 is 21.8. The first-order valence-corrected chi connectivity index (χ1v) is 32.8. The van der Waals surface area contributed by atoms with Gasteiger partial charge in [-0.25, -0.2) is 30.0 Å². The van der Waals surface area contributed by atoms with Crippen molar-refractivity contribution in [3.05, 3.63) is 179 Å². The molecule has 10 aromatic rings. The van der Waals surface area contributed by atoms with Crippen LogP contribution in [0.15, 0.2) is 176 Å². The van der Waals surface area contributed by atoms with Crippen molar-refractivity contribution in [1.29, 1.82) is 0 Å². The third kappa shape index (κ3) is 6.45. The van der Waals surface area contributed by atoms with Gasteiger partial charge in [0.25, 0.3) is 0 Å². The van der Waals surface area contributed by atoms with Crippen molar-refractivity contribution in [3.8, 4) is 0 Å². The molecule has 358 valence electrons. The van der Waals surface area contributed by atoms with Gasteiger partial charge in [-0.3, -0.25) is 8.47 Å². The molecule has 4 aliphatic heterocycles. The first kappa shape index (κ1) is 44.4. The summed E-state index contributed by atoms with van der Waals surface area (Å²) in [6.07, 6.45) is 0. The van der Waals surface area contributed by atoms with Crippen molar-refractivity contribution in [2.45, 2.75) is 77.8 Å². The zero-order valence-electron chi connectivity index (χ0n) is 42.8. The summed E-state index contributed by atoms with van der Waals surface area (Å²) in [4.78, 5) is 34.6. The molecule has 4 aliphatic rings. The van der Waals surface area contributed by atoms with E-state index in [2.05, 4.69) is 222 Å². The monoisotopic (exact) mass is 1000 g/mol. The van der Waals surface area contributed by atoms with Crippen LogP contribution in [0.25, 0.3) is 64.6 Å². The fourth-order valence-electron chi connectivity index (χ4n) is 10.6. The Hall–Kier alpha value is -7.27. The average Bonchev–Trinajstić information content (AvgIpc) is 4.04. The molecular weight excluding hydrogens is 949 g/mol. The van der Waals surface area contributed by atoms with E-state index in [1.54, 1.807) is 0 Å². The Bertz CT molecular complexity index is 4160. The molecule has 10 nitrogen and oxygen atoms in total. The van der Waals surface area contributed by atoms with Gasteiger partial charge < -0.3 is 8.23 Å². The number of aliphatic imine (C=N–C) groups is 4. The smallest absolute Gasteiger partial charge is 0.404 e. The van der Waals surface area contributed by atoms with Gasteiger partial charge in [-0.2, -0.15) is 0 Å². The fraction of sp³-hybridized carbons (Fsp3) is 0.200. The van der Waals surface area contributed by atoms with Crippen molar-refractivity contribution in [3.63, 3.8) is 0 Å². The van der Waals surface area contributed by atoms with E-state index < -0.39 is 25.5 Å². The van der Waals surface area contributed by atoms with Crippen LogP contribution in [0.1, 0.15) is 63.8 Å².